The summed E-state index contributed by atoms with van der Waals surface area (Å²) in [6.07, 6.45) is 5.73. The molecule has 1 aliphatic rings. The lowest BCUT2D eigenvalue weighted by atomic mass is 10.2. The van der Waals surface area contributed by atoms with E-state index in [-0.39, 0.29) is 6.09 Å². The van der Waals surface area contributed by atoms with Crippen LogP contribution in [0.4, 0.5) is 4.79 Å². The second kappa shape index (κ2) is 6.79. The number of imidazole rings is 1. The van der Waals surface area contributed by atoms with Crippen molar-refractivity contribution in [2.45, 2.75) is 25.8 Å². The Labute approximate surface area is 130 Å². The Morgan fingerprint density at radius 3 is 3.23 bits per heavy atom. The van der Waals surface area contributed by atoms with Crippen LogP contribution in [0.5, 0.6) is 0 Å². The number of fused-ring (bicyclic) bond motifs is 1. The quantitative estimate of drug-likeness (QED) is 0.913. The molecule has 3 heterocycles. The van der Waals surface area contributed by atoms with Gasteiger partial charge in [-0.3, -0.25) is 0 Å². The number of rotatable bonds is 5. The van der Waals surface area contributed by atoms with Crippen molar-refractivity contribution in [3.63, 3.8) is 0 Å². The van der Waals surface area contributed by atoms with E-state index in [1.807, 2.05) is 35.7 Å². The summed E-state index contributed by atoms with van der Waals surface area (Å²) in [5.74, 6) is 0. The molecule has 6 heteroatoms. The van der Waals surface area contributed by atoms with Crippen LogP contribution in [0, 0.1) is 0 Å². The van der Waals surface area contributed by atoms with Crippen molar-refractivity contribution in [2.75, 3.05) is 26.2 Å². The van der Waals surface area contributed by atoms with Crippen LogP contribution in [0.25, 0.3) is 5.65 Å². The molecule has 1 unspecified atom stereocenters. The first-order chi connectivity index (χ1) is 10.8. The van der Waals surface area contributed by atoms with Gasteiger partial charge in [0.15, 0.2) is 0 Å². The predicted octanol–water partition coefficient (Wildman–Crippen LogP) is 1.70. The van der Waals surface area contributed by atoms with E-state index in [2.05, 4.69) is 16.5 Å². The first-order valence-electron chi connectivity index (χ1n) is 7.84. The molecule has 2 aromatic rings. The summed E-state index contributed by atoms with van der Waals surface area (Å²) in [6, 6.07) is 6.35. The fourth-order valence-corrected chi connectivity index (χ4v) is 2.82. The number of carbonyl (C=O) groups excluding carboxylic acids is 1. The number of likely N-dealkylation sites (tertiary alicyclic amines) is 1. The molecule has 0 bridgehead atoms. The molecular weight excluding hydrogens is 280 g/mol. The van der Waals surface area contributed by atoms with Gasteiger partial charge in [-0.05, 0) is 25.5 Å². The predicted molar refractivity (Wildman–Crippen MR) is 83.9 cm³/mol. The zero-order valence-electron chi connectivity index (χ0n) is 12.9. The van der Waals surface area contributed by atoms with Crippen molar-refractivity contribution >= 4 is 11.7 Å². The van der Waals surface area contributed by atoms with E-state index < -0.39 is 0 Å². The van der Waals surface area contributed by atoms with Crippen LogP contribution < -0.4 is 5.32 Å². The van der Waals surface area contributed by atoms with E-state index in [0.29, 0.717) is 12.6 Å². The van der Waals surface area contributed by atoms with E-state index >= 15 is 0 Å². The number of nitrogens with zero attached hydrogens (tertiary/aromatic N) is 3. The van der Waals surface area contributed by atoms with Crippen molar-refractivity contribution in [3.8, 4) is 0 Å². The summed E-state index contributed by atoms with van der Waals surface area (Å²) in [6.45, 7) is 4.62. The smallest absolute Gasteiger partial charge is 0.409 e. The molecular formula is C16H22N4O2. The maximum atomic E-state index is 11.6. The van der Waals surface area contributed by atoms with Crippen LogP contribution in [0.1, 0.15) is 19.0 Å². The summed E-state index contributed by atoms with van der Waals surface area (Å²) in [7, 11) is 0. The van der Waals surface area contributed by atoms with E-state index in [1.54, 1.807) is 4.90 Å². The lowest BCUT2D eigenvalue weighted by Gasteiger charge is -2.16. The van der Waals surface area contributed by atoms with Gasteiger partial charge in [0.25, 0.3) is 0 Å². The Bertz CT molecular complexity index is 607. The van der Waals surface area contributed by atoms with Crippen molar-refractivity contribution in [1.82, 2.24) is 19.6 Å². The largest absolute Gasteiger partial charge is 0.450 e. The summed E-state index contributed by atoms with van der Waals surface area (Å²) in [5.41, 5.74) is 2.06. The van der Waals surface area contributed by atoms with E-state index in [0.717, 1.165) is 43.8 Å². The first kappa shape index (κ1) is 14.8. The van der Waals surface area contributed by atoms with Gasteiger partial charge in [0.2, 0.25) is 0 Å². The van der Waals surface area contributed by atoms with Gasteiger partial charge in [0.1, 0.15) is 5.65 Å². The fourth-order valence-electron chi connectivity index (χ4n) is 2.82. The molecule has 1 aliphatic heterocycles. The summed E-state index contributed by atoms with van der Waals surface area (Å²) < 4.78 is 7.06. The minimum Gasteiger partial charge on any atom is -0.450 e. The molecule has 2 aromatic heterocycles. The molecule has 6 nitrogen and oxygen atoms in total. The molecule has 0 radical (unpaired) electrons. The van der Waals surface area contributed by atoms with Gasteiger partial charge in [-0.25, -0.2) is 9.78 Å². The maximum absolute atomic E-state index is 11.6. The third-order valence-corrected chi connectivity index (χ3v) is 3.94. The normalized spacial score (nSPS) is 18.0. The molecule has 1 amide bonds. The third kappa shape index (κ3) is 3.39. The van der Waals surface area contributed by atoms with Gasteiger partial charge in [0.05, 0.1) is 12.3 Å². The number of hydrogen-bond donors (Lipinski definition) is 1. The van der Waals surface area contributed by atoms with Crippen molar-refractivity contribution in [1.29, 1.82) is 0 Å². The van der Waals surface area contributed by atoms with Crippen molar-refractivity contribution in [3.05, 3.63) is 36.3 Å². The lowest BCUT2D eigenvalue weighted by molar-refractivity contribution is 0.115. The summed E-state index contributed by atoms with van der Waals surface area (Å²) >= 11 is 0. The van der Waals surface area contributed by atoms with Crippen molar-refractivity contribution < 1.29 is 9.53 Å². The first-order valence-corrected chi connectivity index (χ1v) is 7.84. The van der Waals surface area contributed by atoms with E-state index in [4.69, 9.17) is 4.74 Å². The lowest BCUT2D eigenvalue weighted by Crippen LogP contribution is -2.36. The molecule has 1 saturated heterocycles. The number of pyridine rings is 1. The van der Waals surface area contributed by atoms with E-state index in [9.17, 15) is 4.79 Å². The molecule has 1 N–H and O–H groups in total. The third-order valence-electron chi connectivity index (χ3n) is 3.94. The summed E-state index contributed by atoms with van der Waals surface area (Å²) in [4.78, 5) is 18.0. The standard InChI is InChI=1S/C16H22N4O2/c1-2-22-16(21)20-10-7-13(11-20)17-8-6-14-12-19-9-4-3-5-15(19)18-14/h3-5,9,12-13,17H,2,6-8,10-11H2,1H3. The van der Waals surface area contributed by atoms with Gasteiger partial charge >= 0.3 is 6.09 Å². The van der Waals surface area contributed by atoms with Gasteiger partial charge in [-0.15, -0.1) is 0 Å². The second-order valence-corrected chi connectivity index (χ2v) is 5.53. The number of carbonyl (C=O) groups is 1. The highest BCUT2D eigenvalue weighted by Gasteiger charge is 2.26. The van der Waals surface area contributed by atoms with Gasteiger partial charge < -0.3 is 19.4 Å². The van der Waals surface area contributed by atoms with Gasteiger partial charge in [-0.1, -0.05) is 6.07 Å². The molecule has 0 saturated carbocycles. The molecule has 0 spiro atoms. The monoisotopic (exact) mass is 302 g/mol. The number of nitrogens with one attached hydrogen (secondary N) is 1. The zero-order chi connectivity index (χ0) is 15.4. The van der Waals surface area contributed by atoms with Crippen LogP contribution in [0.15, 0.2) is 30.6 Å². The number of aromatic nitrogens is 2. The zero-order valence-corrected chi connectivity index (χ0v) is 12.9. The molecule has 1 atom stereocenters. The average molecular weight is 302 g/mol. The molecule has 1 fully saturated rings. The fraction of sp³-hybridized carbons (Fsp3) is 0.500. The Balaban J connectivity index is 1.44. The van der Waals surface area contributed by atoms with Crippen LogP contribution in [-0.4, -0.2) is 52.7 Å². The van der Waals surface area contributed by atoms with Crippen LogP contribution >= 0.6 is 0 Å². The average Bonchev–Trinajstić information content (AvgIpc) is 3.13. The molecule has 0 aromatic carbocycles. The number of hydrogen-bond acceptors (Lipinski definition) is 4. The minimum atomic E-state index is -0.202. The molecule has 3 rings (SSSR count). The van der Waals surface area contributed by atoms with Crippen molar-refractivity contribution in [2.24, 2.45) is 0 Å². The maximum Gasteiger partial charge on any atom is 0.409 e. The molecule has 22 heavy (non-hydrogen) atoms. The Hall–Kier alpha value is -2.08. The highest BCUT2D eigenvalue weighted by atomic mass is 16.6. The number of amides is 1. The highest BCUT2D eigenvalue weighted by molar-refractivity contribution is 5.68. The highest BCUT2D eigenvalue weighted by Crippen LogP contribution is 2.11. The van der Waals surface area contributed by atoms with Gasteiger partial charge in [0, 0.05) is 44.5 Å². The summed E-state index contributed by atoms with van der Waals surface area (Å²) in [5, 5.41) is 3.50. The Morgan fingerprint density at radius 1 is 1.50 bits per heavy atom. The van der Waals surface area contributed by atoms with Crippen LogP contribution in [-0.2, 0) is 11.2 Å². The van der Waals surface area contributed by atoms with Crippen LogP contribution in [0.2, 0.25) is 0 Å². The number of ether oxygens (including phenoxy) is 1. The van der Waals surface area contributed by atoms with Crippen LogP contribution in [0.3, 0.4) is 0 Å². The Morgan fingerprint density at radius 2 is 2.41 bits per heavy atom. The molecule has 0 aliphatic carbocycles. The molecule has 118 valence electrons. The topological polar surface area (TPSA) is 58.9 Å². The Kier molecular flexibility index (Phi) is 4.58. The SMILES string of the molecule is CCOC(=O)N1CCC(NCCc2cn3ccccc3n2)C1. The van der Waals surface area contributed by atoms with E-state index in [1.165, 1.54) is 0 Å². The second-order valence-electron chi connectivity index (χ2n) is 5.53. The van der Waals surface area contributed by atoms with Gasteiger partial charge in [-0.2, -0.15) is 0 Å². The minimum absolute atomic E-state index is 0.202.